The van der Waals surface area contributed by atoms with Crippen LogP contribution in [0.25, 0.3) is 10.9 Å². The van der Waals surface area contributed by atoms with E-state index in [1.165, 1.54) is 6.07 Å². The molecule has 1 saturated carbocycles. The van der Waals surface area contributed by atoms with Crippen LogP contribution < -0.4 is 25.2 Å². The van der Waals surface area contributed by atoms with Crippen LogP contribution in [0.3, 0.4) is 0 Å². The van der Waals surface area contributed by atoms with Crippen LogP contribution in [0.15, 0.2) is 24.3 Å². The number of benzene rings is 1. The van der Waals surface area contributed by atoms with Crippen LogP contribution in [-0.2, 0) is 4.74 Å². The second-order valence-corrected chi connectivity index (χ2v) is 12.0. The molecule has 9 nitrogen and oxygen atoms in total. The summed E-state index contributed by atoms with van der Waals surface area (Å²) in [5, 5.41) is 7.83. The molecule has 43 heavy (non-hydrogen) atoms. The molecule has 10 heteroatoms. The Balaban J connectivity index is 1.51. The van der Waals surface area contributed by atoms with Crippen LogP contribution in [0.2, 0.25) is 0 Å². The second kappa shape index (κ2) is 12.6. The van der Waals surface area contributed by atoms with Gasteiger partial charge in [0.25, 0.3) is 5.91 Å². The van der Waals surface area contributed by atoms with Gasteiger partial charge in [-0.05, 0) is 70.7 Å². The fraction of sp³-hybridized carbons (Fsp3) is 0.545. The number of fused-ring (bicyclic) bond motifs is 1. The van der Waals surface area contributed by atoms with E-state index in [-0.39, 0.29) is 17.7 Å². The summed E-state index contributed by atoms with van der Waals surface area (Å²) in [6.45, 7) is 13.2. The second-order valence-electron chi connectivity index (χ2n) is 12.0. The molecule has 1 aromatic carbocycles. The Hall–Kier alpha value is -3.50. The van der Waals surface area contributed by atoms with Crippen molar-refractivity contribution in [1.82, 2.24) is 20.6 Å². The highest BCUT2D eigenvalue weighted by molar-refractivity contribution is 6.12. The summed E-state index contributed by atoms with van der Waals surface area (Å²) in [6.07, 6.45) is 3.19. The minimum atomic E-state index is -0.417. The van der Waals surface area contributed by atoms with E-state index in [1.54, 1.807) is 12.1 Å². The molecule has 0 radical (unpaired) electrons. The summed E-state index contributed by atoms with van der Waals surface area (Å²) in [7, 11) is 0. The van der Waals surface area contributed by atoms with Crippen LogP contribution in [0.1, 0.15) is 79.3 Å². The van der Waals surface area contributed by atoms with Gasteiger partial charge in [0.15, 0.2) is 11.6 Å². The number of hydrogen-bond donors (Lipinski definition) is 2. The number of morpholine rings is 1. The van der Waals surface area contributed by atoms with Crippen molar-refractivity contribution in [3.8, 4) is 5.75 Å². The third-order valence-corrected chi connectivity index (χ3v) is 8.71. The normalized spacial score (nSPS) is 20.2. The molecule has 230 valence electrons. The number of amides is 1. The Labute approximate surface area is 253 Å². The van der Waals surface area contributed by atoms with Gasteiger partial charge in [-0.1, -0.05) is 6.07 Å². The maximum atomic E-state index is 14.6. The highest BCUT2D eigenvalue weighted by Crippen LogP contribution is 2.45. The van der Waals surface area contributed by atoms with Gasteiger partial charge < -0.3 is 29.9 Å². The minimum Gasteiger partial charge on any atom is -0.491 e. The number of aryl methyl sites for hydroxylation is 1. The van der Waals surface area contributed by atoms with E-state index >= 15 is 0 Å². The third kappa shape index (κ3) is 6.26. The number of nitrogens with one attached hydrogen (secondary N) is 2. The summed E-state index contributed by atoms with van der Waals surface area (Å²) in [4.78, 5) is 29.4. The number of carbonyl (C=O) groups excluding carboxylic acids is 1. The predicted molar refractivity (Wildman–Crippen MR) is 167 cm³/mol. The van der Waals surface area contributed by atoms with Crippen LogP contribution in [0, 0.1) is 12.7 Å². The van der Waals surface area contributed by atoms with E-state index in [0.717, 1.165) is 72.4 Å². The van der Waals surface area contributed by atoms with Crippen molar-refractivity contribution in [3.63, 3.8) is 0 Å². The van der Waals surface area contributed by atoms with Crippen LogP contribution >= 0.6 is 0 Å². The van der Waals surface area contributed by atoms with Gasteiger partial charge in [-0.15, -0.1) is 0 Å². The molecular formula is C33H43FN6O3. The molecule has 2 saturated heterocycles. The number of hydrogen-bond acceptors (Lipinski definition) is 8. The van der Waals surface area contributed by atoms with Crippen LogP contribution in [-0.4, -0.2) is 74.5 Å². The van der Waals surface area contributed by atoms with Crippen molar-refractivity contribution in [2.24, 2.45) is 0 Å². The zero-order valence-electron chi connectivity index (χ0n) is 25.7. The first-order valence-corrected chi connectivity index (χ1v) is 15.7. The van der Waals surface area contributed by atoms with Gasteiger partial charge in [0.1, 0.15) is 11.4 Å². The van der Waals surface area contributed by atoms with E-state index in [2.05, 4.69) is 33.4 Å². The molecule has 0 bridgehead atoms. The maximum Gasteiger partial charge on any atom is 0.257 e. The van der Waals surface area contributed by atoms with E-state index in [1.807, 2.05) is 20.8 Å². The standard InChI is InChI=1S/C33H43FN6O3/c1-5-43-27-19-24(8-9-26(27)34)22(4)37-33(41)28-31(39-12-10-20(2)35-11-13-39)25-18-21(3)36-29(23-6-7-23)30(25)38-32(28)40-14-16-42-17-15-40/h8-9,18-20,22-23,35H,5-7,10-17H2,1-4H3,(H,37,41)/t20-,22-/m0/s1. The lowest BCUT2D eigenvalue weighted by atomic mass is 10.0. The molecule has 0 spiro atoms. The molecule has 0 unspecified atom stereocenters. The summed E-state index contributed by atoms with van der Waals surface area (Å²) in [6, 6.07) is 6.86. The van der Waals surface area contributed by atoms with Gasteiger partial charge in [-0.25, -0.2) is 9.37 Å². The molecule has 2 atom stereocenters. The zero-order chi connectivity index (χ0) is 30.1. The Morgan fingerprint density at radius 3 is 2.67 bits per heavy atom. The first-order chi connectivity index (χ1) is 20.8. The molecule has 2 aromatic heterocycles. The predicted octanol–water partition coefficient (Wildman–Crippen LogP) is 4.87. The zero-order valence-corrected chi connectivity index (χ0v) is 25.7. The number of rotatable bonds is 8. The quantitative estimate of drug-likeness (QED) is 0.384. The lowest BCUT2D eigenvalue weighted by molar-refractivity contribution is 0.0938. The first-order valence-electron chi connectivity index (χ1n) is 15.7. The van der Waals surface area contributed by atoms with Gasteiger partial charge in [-0.2, -0.15) is 0 Å². The van der Waals surface area contributed by atoms with Crippen molar-refractivity contribution in [2.75, 3.05) is 62.3 Å². The lowest BCUT2D eigenvalue weighted by Crippen LogP contribution is -2.40. The summed E-state index contributed by atoms with van der Waals surface area (Å²) in [5.41, 5.74) is 5.16. The van der Waals surface area contributed by atoms with Crippen molar-refractivity contribution in [3.05, 3.63) is 52.6 Å². The third-order valence-electron chi connectivity index (χ3n) is 8.71. The number of halogens is 1. The van der Waals surface area contributed by atoms with E-state index < -0.39 is 5.82 Å². The van der Waals surface area contributed by atoms with Gasteiger partial charge in [0.05, 0.1) is 42.8 Å². The number of ether oxygens (including phenoxy) is 2. The summed E-state index contributed by atoms with van der Waals surface area (Å²) < 4.78 is 25.5. The molecular weight excluding hydrogens is 547 g/mol. The Kier molecular flexibility index (Phi) is 8.68. The average molecular weight is 591 g/mol. The van der Waals surface area contributed by atoms with Crippen molar-refractivity contribution in [2.45, 2.75) is 65.0 Å². The van der Waals surface area contributed by atoms with Gasteiger partial charge in [0.2, 0.25) is 0 Å². The molecule has 6 rings (SSSR count). The smallest absolute Gasteiger partial charge is 0.257 e. The van der Waals surface area contributed by atoms with E-state index in [9.17, 15) is 9.18 Å². The molecule has 3 aliphatic rings. The van der Waals surface area contributed by atoms with Crippen molar-refractivity contribution >= 4 is 28.3 Å². The van der Waals surface area contributed by atoms with E-state index in [4.69, 9.17) is 19.4 Å². The van der Waals surface area contributed by atoms with Crippen molar-refractivity contribution < 1.29 is 18.7 Å². The van der Waals surface area contributed by atoms with Crippen LogP contribution in [0.5, 0.6) is 5.75 Å². The van der Waals surface area contributed by atoms with Crippen LogP contribution in [0.4, 0.5) is 15.9 Å². The number of pyridine rings is 2. The molecule has 3 fully saturated rings. The summed E-state index contributed by atoms with van der Waals surface area (Å²) >= 11 is 0. The highest BCUT2D eigenvalue weighted by atomic mass is 19.1. The largest absolute Gasteiger partial charge is 0.491 e. The Morgan fingerprint density at radius 2 is 1.93 bits per heavy atom. The number of nitrogens with zero attached hydrogens (tertiary/aromatic N) is 4. The monoisotopic (exact) mass is 590 g/mol. The molecule has 1 aliphatic carbocycles. The fourth-order valence-electron chi connectivity index (χ4n) is 6.21. The van der Waals surface area contributed by atoms with Gasteiger partial charge >= 0.3 is 0 Å². The number of carbonyl (C=O) groups is 1. The number of anilines is 2. The molecule has 1 amide bonds. The first kappa shape index (κ1) is 29.6. The SMILES string of the molecule is CCOc1cc([C@H](C)NC(=O)c2c(N3CCOCC3)nc3c(C4CC4)nc(C)cc3c2N2CCN[C@@H](C)CC2)ccc1F. The van der Waals surface area contributed by atoms with Gasteiger partial charge in [0, 0.05) is 55.8 Å². The highest BCUT2D eigenvalue weighted by Gasteiger charge is 2.34. The Bertz CT molecular complexity index is 1490. The minimum absolute atomic E-state index is 0.185. The summed E-state index contributed by atoms with van der Waals surface area (Å²) in [5.74, 6) is 0.656. The molecule has 4 heterocycles. The van der Waals surface area contributed by atoms with Crippen molar-refractivity contribution in [1.29, 1.82) is 0 Å². The Morgan fingerprint density at radius 1 is 1.14 bits per heavy atom. The number of aromatic nitrogens is 2. The fourth-order valence-corrected chi connectivity index (χ4v) is 6.21. The van der Waals surface area contributed by atoms with Gasteiger partial charge in [-0.3, -0.25) is 9.78 Å². The average Bonchev–Trinajstić information content (AvgIpc) is 3.86. The maximum absolute atomic E-state index is 14.6. The van der Waals surface area contributed by atoms with E-state index in [0.29, 0.717) is 56.3 Å². The topological polar surface area (TPSA) is 91.8 Å². The molecule has 2 aliphatic heterocycles. The molecule has 2 N–H and O–H groups in total. The molecule has 3 aromatic rings. The lowest BCUT2D eigenvalue weighted by Gasteiger charge is -2.34.